The fourth-order valence-electron chi connectivity index (χ4n) is 3.59. The summed E-state index contributed by atoms with van der Waals surface area (Å²) in [5.74, 6) is 0.652. The maximum absolute atomic E-state index is 4.65. The van der Waals surface area contributed by atoms with Crippen molar-refractivity contribution in [1.82, 2.24) is 14.5 Å². The Morgan fingerprint density at radius 2 is 1.36 bits per heavy atom. The summed E-state index contributed by atoms with van der Waals surface area (Å²) in [5.41, 5.74) is 4.28. The van der Waals surface area contributed by atoms with Gasteiger partial charge >= 0.3 is 0 Å². The van der Waals surface area contributed by atoms with E-state index in [1.165, 1.54) is 5.39 Å². The monoisotopic (exact) mass is 555 g/mol. The minimum absolute atomic E-state index is 0.652. The number of benzene rings is 3. The Labute approximate surface area is 186 Å². The fourth-order valence-corrected chi connectivity index (χ4v) is 5.17. The van der Waals surface area contributed by atoms with Crippen molar-refractivity contribution in [3.63, 3.8) is 0 Å². The second-order valence-electron chi connectivity index (χ2n) is 6.34. The van der Waals surface area contributed by atoms with Crippen LogP contribution in [-0.4, -0.2) is 14.5 Å². The largest absolute Gasteiger partial charge is 0.308 e. The fraction of sp³-hybridized carbons (Fsp3) is 0. The van der Waals surface area contributed by atoms with Crippen molar-refractivity contribution in [2.24, 2.45) is 0 Å². The van der Waals surface area contributed by atoms with Crippen LogP contribution in [0, 0.1) is 0 Å². The minimum Gasteiger partial charge on any atom is -0.308 e. The first kappa shape index (κ1) is 18.0. The maximum Gasteiger partial charge on any atom is 0.164 e. The van der Waals surface area contributed by atoms with Gasteiger partial charge in [0, 0.05) is 27.0 Å². The first-order chi connectivity index (χ1) is 13.6. The lowest BCUT2D eigenvalue weighted by Gasteiger charge is -2.12. The van der Waals surface area contributed by atoms with Gasteiger partial charge < -0.3 is 4.57 Å². The molecule has 5 aromatic rings. The Bertz CT molecular complexity index is 1320. The Morgan fingerprint density at radius 3 is 2.11 bits per heavy atom. The zero-order valence-corrected chi connectivity index (χ0v) is 19.2. The summed E-state index contributed by atoms with van der Waals surface area (Å²) >= 11 is 10.7. The molecule has 0 saturated carbocycles. The van der Waals surface area contributed by atoms with Crippen LogP contribution in [0.2, 0.25) is 0 Å². The van der Waals surface area contributed by atoms with E-state index in [4.69, 9.17) is 0 Å². The Morgan fingerprint density at radius 1 is 0.679 bits per heavy atom. The van der Waals surface area contributed by atoms with Gasteiger partial charge in [-0.05, 0) is 72.1 Å². The highest BCUT2D eigenvalue weighted by molar-refractivity contribution is 9.11. The first-order valence-corrected chi connectivity index (χ1v) is 11.0. The summed E-state index contributed by atoms with van der Waals surface area (Å²) < 4.78 is 4.69. The molecule has 0 fully saturated rings. The molecule has 0 unspecified atom stereocenters. The molecule has 2 aromatic heterocycles. The lowest BCUT2D eigenvalue weighted by atomic mass is 10.1. The van der Waals surface area contributed by atoms with E-state index in [1.54, 1.807) is 0 Å². The van der Waals surface area contributed by atoms with Gasteiger partial charge in [-0.1, -0.05) is 42.5 Å². The van der Waals surface area contributed by atoms with Crippen LogP contribution in [0.5, 0.6) is 0 Å². The van der Waals surface area contributed by atoms with E-state index in [0.29, 0.717) is 5.82 Å². The maximum atomic E-state index is 4.65. The third-order valence-electron chi connectivity index (χ3n) is 4.69. The molecule has 0 saturated heterocycles. The predicted molar refractivity (Wildman–Crippen MR) is 125 cm³/mol. The molecule has 2 heterocycles. The van der Waals surface area contributed by atoms with Gasteiger partial charge in [0.05, 0.1) is 16.6 Å². The highest BCUT2D eigenvalue weighted by Gasteiger charge is 2.20. The van der Waals surface area contributed by atoms with Gasteiger partial charge in [0.2, 0.25) is 0 Å². The average molecular weight is 558 g/mol. The number of aromatic nitrogens is 3. The zero-order chi connectivity index (χ0) is 19.3. The topological polar surface area (TPSA) is 30.7 Å². The molecule has 0 spiro atoms. The van der Waals surface area contributed by atoms with Gasteiger partial charge in [0.25, 0.3) is 0 Å². The summed E-state index contributed by atoms with van der Waals surface area (Å²) in [4.78, 5) is 9.30. The average Bonchev–Trinajstić information content (AvgIpc) is 3.02. The Hall–Kier alpha value is -2.02. The van der Waals surface area contributed by atoms with Crippen molar-refractivity contribution in [3.8, 4) is 17.1 Å². The summed E-state index contributed by atoms with van der Waals surface area (Å²) in [6.45, 7) is 0. The highest BCUT2D eigenvalue weighted by atomic mass is 79.9. The molecule has 0 aliphatic rings. The van der Waals surface area contributed by atoms with Crippen LogP contribution in [0.3, 0.4) is 0 Å². The molecule has 3 aromatic carbocycles. The number of hydrogen-bond acceptors (Lipinski definition) is 2. The molecule has 3 nitrogen and oxygen atoms in total. The lowest BCUT2D eigenvalue weighted by Crippen LogP contribution is -1.98. The van der Waals surface area contributed by atoms with Crippen molar-refractivity contribution in [2.45, 2.75) is 0 Å². The summed E-state index contributed by atoms with van der Waals surface area (Å²) in [7, 11) is 0. The number of para-hydroxylation sites is 2. The van der Waals surface area contributed by atoms with Crippen LogP contribution in [0.4, 0.5) is 0 Å². The van der Waals surface area contributed by atoms with Crippen LogP contribution in [-0.2, 0) is 0 Å². The molecule has 0 atom stereocenters. The van der Waals surface area contributed by atoms with Crippen molar-refractivity contribution in [2.75, 3.05) is 0 Å². The summed E-state index contributed by atoms with van der Waals surface area (Å²) in [6.07, 6.45) is 0. The van der Waals surface area contributed by atoms with E-state index in [9.17, 15) is 0 Å². The summed E-state index contributed by atoms with van der Waals surface area (Å²) in [5, 5.41) is 2.36. The standard InChI is InChI=1S/C22H12Br3N3/c23-16-11-10-15-14-8-4-5-9-17(14)28(13-6-2-1-3-7-13)21(15)20(16)22-26-18(24)12-19(25)27-22/h1-12H. The first-order valence-electron chi connectivity index (χ1n) is 8.61. The summed E-state index contributed by atoms with van der Waals surface area (Å²) in [6, 6.07) is 24.9. The molecule has 136 valence electrons. The highest BCUT2D eigenvalue weighted by Crippen LogP contribution is 2.41. The van der Waals surface area contributed by atoms with Gasteiger partial charge in [0.1, 0.15) is 9.21 Å². The van der Waals surface area contributed by atoms with Crippen LogP contribution in [0.1, 0.15) is 0 Å². The van der Waals surface area contributed by atoms with Crippen LogP contribution >= 0.6 is 47.8 Å². The molecule has 0 N–H and O–H groups in total. The van der Waals surface area contributed by atoms with E-state index >= 15 is 0 Å². The minimum atomic E-state index is 0.652. The normalized spacial score (nSPS) is 11.4. The Kier molecular flexibility index (Phi) is 4.57. The van der Waals surface area contributed by atoms with E-state index < -0.39 is 0 Å². The third kappa shape index (κ3) is 2.91. The van der Waals surface area contributed by atoms with Gasteiger partial charge in [0.15, 0.2) is 5.82 Å². The van der Waals surface area contributed by atoms with Crippen LogP contribution in [0.15, 0.2) is 86.5 Å². The third-order valence-corrected chi connectivity index (χ3v) is 6.16. The van der Waals surface area contributed by atoms with E-state index in [2.05, 4.69) is 123 Å². The van der Waals surface area contributed by atoms with Gasteiger partial charge in [-0.25, -0.2) is 9.97 Å². The molecule has 0 amide bonds. The molecule has 28 heavy (non-hydrogen) atoms. The predicted octanol–water partition coefficient (Wildman–Crippen LogP) is 7.53. The number of rotatable bonds is 2. The number of halogens is 3. The van der Waals surface area contributed by atoms with E-state index in [-0.39, 0.29) is 0 Å². The molecule has 0 radical (unpaired) electrons. The molecule has 5 rings (SSSR count). The zero-order valence-electron chi connectivity index (χ0n) is 14.4. The molecular weight excluding hydrogens is 546 g/mol. The number of nitrogens with zero attached hydrogens (tertiary/aromatic N) is 3. The van der Waals surface area contributed by atoms with Crippen LogP contribution < -0.4 is 0 Å². The van der Waals surface area contributed by atoms with Crippen molar-refractivity contribution < 1.29 is 0 Å². The quantitative estimate of drug-likeness (QED) is 0.210. The lowest BCUT2D eigenvalue weighted by molar-refractivity contribution is 1.11. The van der Waals surface area contributed by atoms with E-state index in [1.807, 2.05) is 12.1 Å². The Balaban J connectivity index is 2.01. The molecule has 0 aliphatic heterocycles. The number of fused-ring (bicyclic) bond motifs is 3. The van der Waals surface area contributed by atoms with Gasteiger partial charge in [-0.2, -0.15) is 0 Å². The van der Waals surface area contributed by atoms with Gasteiger partial charge in [-0.15, -0.1) is 0 Å². The van der Waals surface area contributed by atoms with Crippen LogP contribution in [0.25, 0.3) is 38.9 Å². The molecular formula is C22H12Br3N3. The van der Waals surface area contributed by atoms with E-state index in [0.717, 1.165) is 41.3 Å². The molecule has 6 heteroatoms. The molecule has 0 bridgehead atoms. The van der Waals surface area contributed by atoms with Crippen molar-refractivity contribution in [1.29, 1.82) is 0 Å². The SMILES string of the molecule is Brc1cc(Br)nc(-c2c(Br)ccc3c4ccccc4n(-c4ccccc4)c23)n1. The smallest absolute Gasteiger partial charge is 0.164 e. The van der Waals surface area contributed by atoms with Crippen molar-refractivity contribution >= 4 is 69.6 Å². The second kappa shape index (κ2) is 7.10. The van der Waals surface area contributed by atoms with Gasteiger partial charge in [-0.3, -0.25) is 0 Å². The second-order valence-corrected chi connectivity index (χ2v) is 8.82. The number of hydrogen-bond donors (Lipinski definition) is 0. The molecule has 0 aliphatic carbocycles. The van der Waals surface area contributed by atoms with Crippen molar-refractivity contribution in [3.05, 3.63) is 86.5 Å².